The molecule has 0 heterocycles. The van der Waals surface area contributed by atoms with Crippen LogP contribution in [0.3, 0.4) is 0 Å². The summed E-state index contributed by atoms with van der Waals surface area (Å²) in [7, 11) is 0. The van der Waals surface area contributed by atoms with Gasteiger partial charge in [-0.05, 0) is 96.3 Å². The molecule has 0 fully saturated rings. The van der Waals surface area contributed by atoms with Gasteiger partial charge in [0.05, 0.1) is 0 Å². The Morgan fingerprint density at radius 3 is 1.06 bits per heavy atom. The zero-order valence-corrected chi connectivity index (χ0v) is 41.3. The second-order valence-electron chi connectivity index (χ2n) is 17.4. The Kier molecular flexibility index (Phi) is 48.9. The minimum absolute atomic E-state index is 0.120. The van der Waals surface area contributed by atoms with Gasteiger partial charge in [0.1, 0.15) is 13.2 Å². The fraction of sp³-hybridized carbons (Fsp3) is 0.737. The van der Waals surface area contributed by atoms with Crippen LogP contribution in [-0.2, 0) is 28.6 Å². The van der Waals surface area contributed by atoms with E-state index in [-0.39, 0.29) is 44.0 Å². The van der Waals surface area contributed by atoms with Crippen molar-refractivity contribution >= 4 is 17.9 Å². The van der Waals surface area contributed by atoms with Crippen LogP contribution in [0.4, 0.5) is 0 Å². The Balaban J connectivity index is 4.52. The molecule has 0 saturated carbocycles. The Hall–Kier alpha value is -3.15. The molecule has 0 radical (unpaired) electrons. The van der Waals surface area contributed by atoms with Gasteiger partial charge in [-0.15, -0.1) is 0 Å². The molecule has 0 spiro atoms. The van der Waals surface area contributed by atoms with Gasteiger partial charge in [-0.3, -0.25) is 14.4 Å². The van der Waals surface area contributed by atoms with Gasteiger partial charge in [0.25, 0.3) is 0 Å². The lowest BCUT2D eigenvalue weighted by atomic mass is 10.1. The molecule has 6 heteroatoms. The number of allylic oxidation sites excluding steroid dienone is 12. The average Bonchev–Trinajstić information content (AvgIpc) is 3.28. The van der Waals surface area contributed by atoms with E-state index in [1.54, 1.807) is 0 Å². The van der Waals surface area contributed by atoms with Crippen LogP contribution in [0.25, 0.3) is 0 Å². The van der Waals surface area contributed by atoms with E-state index in [0.717, 1.165) is 51.4 Å². The van der Waals surface area contributed by atoms with Gasteiger partial charge in [0, 0.05) is 19.3 Å². The summed E-state index contributed by atoms with van der Waals surface area (Å²) >= 11 is 0. The van der Waals surface area contributed by atoms with Crippen LogP contribution in [0.5, 0.6) is 0 Å². The van der Waals surface area contributed by atoms with Gasteiger partial charge < -0.3 is 14.2 Å². The van der Waals surface area contributed by atoms with Gasteiger partial charge >= 0.3 is 17.9 Å². The van der Waals surface area contributed by atoms with Crippen LogP contribution in [0.2, 0.25) is 0 Å². The lowest BCUT2D eigenvalue weighted by Gasteiger charge is -2.18. The van der Waals surface area contributed by atoms with Crippen LogP contribution in [0, 0.1) is 0 Å². The third-order valence-electron chi connectivity index (χ3n) is 11.2. The predicted molar refractivity (Wildman–Crippen MR) is 270 cm³/mol. The fourth-order valence-corrected chi connectivity index (χ4v) is 7.15. The third-order valence-corrected chi connectivity index (χ3v) is 11.2. The van der Waals surface area contributed by atoms with Crippen molar-refractivity contribution in [1.29, 1.82) is 0 Å². The molecule has 0 aliphatic carbocycles. The monoisotopic (exact) mass is 879 g/mol. The highest BCUT2D eigenvalue weighted by Gasteiger charge is 2.19. The topological polar surface area (TPSA) is 78.9 Å². The third kappa shape index (κ3) is 49.7. The Labute approximate surface area is 389 Å². The summed E-state index contributed by atoms with van der Waals surface area (Å²) in [5.41, 5.74) is 0. The highest BCUT2D eigenvalue weighted by molar-refractivity contribution is 5.71. The first kappa shape index (κ1) is 59.9. The Bertz CT molecular complexity index is 1190. The zero-order valence-electron chi connectivity index (χ0n) is 41.3. The van der Waals surface area contributed by atoms with E-state index in [1.807, 2.05) is 6.08 Å². The summed E-state index contributed by atoms with van der Waals surface area (Å²) < 4.78 is 16.7. The molecular weight excluding hydrogens is 781 g/mol. The second-order valence-corrected chi connectivity index (χ2v) is 17.4. The van der Waals surface area contributed by atoms with E-state index in [4.69, 9.17) is 14.2 Å². The van der Waals surface area contributed by atoms with Crippen molar-refractivity contribution in [1.82, 2.24) is 0 Å². The maximum atomic E-state index is 12.8. The summed E-state index contributed by atoms with van der Waals surface area (Å²) in [6, 6.07) is 0. The number of unbranched alkanes of at least 4 members (excludes halogenated alkanes) is 24. The molecule has 0 amide bonds. The van der Waals surface area contributed by atoms with Crippen LogP contribution >= 0.6 is 0 Å². The number of carbonyl (C=O) groups is 3. The molecular formula is C57H98O6. The molecule has 0 aliphatic heterocycles. The highest BCUT2D eigenvalue weighted by atomic mass is 16.6. The lowest BCUT2D eigenvalue weighted by Crippen LogP contribution is -2.30. The Morgan fingerprint density at radius 1 is 0.317 bits per heavy atom. The number of ether oxygens (including phenoxy) is 3. The molecule has 0 aromatic rings. The van der Waals surface area contributed by atoms with Crippen LogP contribution in [0.1, 0.15) is 252 Å². The maximum absolute atomic E-state index is 12.8. The van der Waals surface area contributed by atoms with Crippen molar-refractivity contribution < 1.29 is 28.6 Å². The minimum atomic E-state index is -0.819. The van der Waals surface area contributed by atoms with Crippen molar-refractivity contribution in [2.24, 2.45) is 0 Å². The van der Waals surface area contributed by atoms with Crippen molar-refractivity contribution in [3.63, 3.8) is 0 Å². The summed E-state index contributed by atoms with van der Waals surface area (Å²) in [4.78, 5) is 37.9. The first-order chi connectivity index (χ1) is 31.0. The minimum Gasteiger partial charge on any atom is -0.462 e. The summed E-state index contributed by atoms with van der Waals surface area (Å²) in [5.74, 6) is -1.04. The maximum Gasteiger partial charge on any atom is 0.306 e. The van der Waals surface area contributed by atoms with Crippen LogP contribution < -0.4 is 0 Å². The van der Waals surface area contributed by atoms with E-state index >= 15 is 0 Å². The van der Waals surface area contributed by atoms with Crippen molar-refractivity contribution in [3.05, 3.63) is 72.9 Å². The van der Waals surface area contributed by atoms with Gasteiger partial charge in [0.2, 0.25) is 0 Å². The number of esters is 3. The van der Waals surface area contributed by atoms with E-state index in [1.165, 1.54) is 148 Å². The number of hydrogen-bond acceptors (Lipinski definition) is 6. The molecule has 6 nitrogen and oxygen atoms in total. The van der Waals surface area contributed by atoms with E-state index in [2.05, 4.69) is 87.6 Å². The molecule has 0 saturated heterocycles. The molecule has 63 heavy (non-hydrogen) atoms. The van der Waals surface area contributed by atoms with Gasteiger partial charge in [-0.2, -0.15) is 0 Å². The highest BCUT2D eigenvalue weighted by Crippen LogP contribution is 2.13. The molecule has 1 atom stereocenters. The largest absolute Gasteiger partial charge is 0.462 e. The van der Waals surface area contributed by atoms with Gasteiger partial charge in [-0.1, -0.05) is 209 Å². The first-order valence-corrected chi connectivity index (χ1v) is 26.4. The van der Waals surface area contributed by atoms with Gasteiger partial charge in [-0.25, -0.2) is 0 Å². The standard InChI is InChI=1S/C57H98O6/c1-4-7-10-13-16-19-22-25-27-28-30-32-35-38-41-44-47-50-56(59)62-53-54(52-61-55(58)49-46-43-40-37-34-31-24-21-18-15-12-9-6-3)63-57(60)51-48-45-42-39-36-33-29-26-23-20-17-14-11-8-5-2/h20,23,25,27,30-32,34,38,40-41,43,54H,4-19,21-22,24,26,28-29,33,35-37,39,42,44-53H2,1-3H3/b23-20+,27-25+,32-30+,34-31+,41-38+,43-40+. The second kappa shape index (κ2) is 51.5. The summed E-state index contributed by atoms with van der Waals surface area (Å²) in [5, 5.41) is 0. The van der Waals surface area contributed by atoms with Crippen LogP contribution in [0.15, 0.2) is 72.9 Å². The molecule has 0 aliphatic rings. The fourth-order valence-electron chi connectivity index (χ4n) is 7.15. The molecule has 0 bridgehead atoms. The van der Waals surface area contributed by atoms with Gasteiger partial charge in [0.15, 0.2) is 6.10 Å². The lowest BCUT2D eigenvalue weighted by molar-refractivity contribution is -0.166. The molecule has 0 rings (SSSR count). The smallest absolute Gasteiger partial charge is 0.306 e. The molecule has 0 N–H and O–H groups in total. The number of rotatable bonds is 47. The van der Waals surface area contributed by atoms with Crippen molar-refractivity contribution in [2.45, 2.75) is 258 Å². The average molecular weight is 879 g/mol. The predicted octanol–water partition coefficient (Wildman–Crippen LogP) is 17.4. The summed E-state index contributed by atoms with van der Waals surface area (Å²) in [6.07, 6.45) is 64.7. The SMILES string of the molecule is CCCCCC/C=C/CCCCCCCCCC(=O)OC(COC(=O)CC/C=C/C/C=C/CCCCCCCC)COC(=O)CCC/C=C/C/C=C/C/C=C/CCCCCCCC. The molecule has 0 aromatic heterocycles. The van der Waals surface area contributed by atoms with E-state index < -0.39 is 6.10 Å². The molecule has 0 aromatic carbocycles. The van der Waals surface area contributed by atoms with Crippen molar-refractivity contribution in [2.75, 3.05) is 13.2 Å². The first-order valence-electron chi connectivity index (χ1n) is 26.4. The quantitative estimate of drug-likeness (QED) is 0.0262. The summed E-state index contributed by atoms with van der Waals surface area (Å²) in [6.45, 7) is 6.51. The van der Waals surface area contributed by atoms with E-state index in [9.17, 15) is 14.4 Å². The van der Waals surface area contributed by atoms with Crippen LogP contribution in [-0.4, -0.2) is 37.2 Å². The number of hydrogen-bond donors (Lipinski definition) is 0. The normalized spacial score (nSPS) is 12.6. The van der Waals surface area contributed by atoms with E-state index in [0.29, 0.717) is 19.3 Å². The molecule has 362 valence electrons. The number of carbonyl (C=O) groups excluding carboxylic acids is 3. The van der Waals surface area contributed by atoms with Crippen molar-refractivity contribution in [3.8, 4) is 0 Å². The Morgan fingerprint density at radius 2 is 0.619 bits per heavy atom. The zero-order chi connectivity index (χ0) is 45.8. The molecule has 1 unspecified atom stereocenters.